The number of carbonyl (C=O) groups excluding carboxylic acids is 1. The van der Waals surface area contributed by atoms with Crippen molar-refractivity contribution in [3.63, 3.8) is 0 Å². The van der Waals surface area contributed by atoms with Crippen molar-refractivity contribution in [1.29, 1.82) is 0 Å². The van der Waals surface area contributed by atoms with Gasteiger partial charge in [0, 0.05) is 6.20 Å². The van der Waals surface area contributed by atoms with Crippen LogP contribution in [-0.4, -0.2) is 44.0 Å². The minimum absolute atomic E-state index is 0.0128. The predicted octanol–water partition coefficient (Wildman–Crippen LogP) is 2.37. The maximum Gasteiger partial charge on any atom is 0.349 e. The quantitative estimate of drug-likeness (QED) is 0.592. The van der Waals surface area contributed by atoms with Gasteiger partial charge in [0.25, 0.3) is 10.0 Å². The number of hydrogen-bond acceptors (Lipinski definition) is 8. The van der Waals surface area contributed by atoms with Gasteiger partial charge in [-0.25, -0.2) is 13.2 Å². The van der Waals surface area contributed by atoms with E-state index >= 15 is 0 Å². The first kappa shape index (κ1) is 19.3. The van der Waals surface area contributed by atoms with Crippen molar-refractivity contribution in [1.82, 2.24) is 9.78 Å². The lowest BCUT2D eigenvalue weighted by molar-refractivity contribution is 0.0602. The molecule has 9 nitrogen and oxygen atoms in total. The van der Waals surface area contributed by atoms with Crippen molar-refractivity contribution in [2.24, 2.45) is 0 Å². The fourth-order valence-corrected chi connectivity index (χ4v) is 5.20. The molecule has 0 radical (unpaired) electrons. The van der Waals surface area contributed by atoms with Crippen LogP contribution in [0.2, 0.25) is 0 Å². The lowest BCUT2D eigenvalue weighted by Gasteiger charge is -2.26. The number of anilines is 1. The number of nitrogens with one attached hydrogen (secondary N) is 1. The Labute approximate surface area is 170 Å². The first-order valence-corrected chi connectivity index (χ1v) is 10.9. The van der Waals surface area contributed by atoms with E-state index < -0.39 is 16.0 Å². The Hall–Kier alpha value is -3.05. The zero-order valence-electron chi connectivity index (χ0n) is 15.3. The third kappa shape index (κ3) is 4.05. The standard InChI is InChI=1S/C18H17N3O6S2/c1-25-18(22)17-16(6-7-28-17)29(23,24)20-12-8-19-21(9-12)10-13-11-26-14-4-2-3-5-15(14)27-13/h2-9,13,20H,10-11H2,1H3/t13-/m1/s1. The molecule has 4 rings (SSSR count). The molecule has 29 heavy (non-hydrogen) atoms. The minimum atomic E-state index is -3.97. The number of thiophene rings is 1. The molecule has 152 valence electrons. The number of carbonyl (C=O) groups is 1. The molecule has 2 aromatic heterocycles. The number of nitrogens with zero attached hydrogens (tertiary/aromatic N) is 2. The Morgan fingerprint density at radius 1 is 1.34 bits per heavy atom. The van der Waals surface area contributed by atoms with Crippen molar-refractivity contribution in [2.45, 2.75) is 17.5 Å². The fraction of sp³-hybridized carbons (Fsp3) is 0.222. The zero-order valence-corrected chi connectivity index (χ0v) is 16.9. The maximum atomic E-state index is 12.6. The Bertz CT molecular complexity index is 1140. The summed E-state index contributed by atoms with van der Waals surface area (Å²) in [5.74, 6) is 0.644. The van der Waals surface area contributed by atoms with Crippen LogP contribution < -0.4 is 14.2 Å². The van der Waals surface area contributed by atoms with Gasteiger partial charge in [-0.15, -0.1) is 11.3 Å². The number of fused-ring (bicyclic) bond motifs is 1. The van der Waals surface area contributed by atoms with E-state index in [2.05, 4.69) is 14.6 Å². The van der Waals surface area contributed by atoms with E-state index in [1.807, 2.05) is 24.3 Å². The van der Waals surface area contributed by atoms with Crippen LogP contribution in [0.15, 0.2) is 53.0 Å². The van der Waals surface area contributed by atoms with E-state index in [1.54, 1.807) is 10.9 Å². The van der Waals surface area contributed by atoms with Gasteiger partial charge in [0.05, 0.1) is 25.5 Å². The molecule has 0 spiro atoms. The van der Waals surface area contributed by atoms with Crippen LogP contribution in [0.1, 0.15) is 9.67 Å². The Morgan fingerprint density at radius 2 is 2.14 bits per heavy atom. The number of benzene rings is 1. The lowest BCUT2D eigenvalue weighted by atomic mass is 10.2. The van der Waals surface area contributed by atoms with Gasteiger partial charge in [-0.3, -0.25) is 9.40 Å². The van der Waals surface area contributed by atoms with Crippen molar-refractivity contribution >= 4 is 33.0 Å². The molecule has 1 aliphatic rings. The van der Waals surface area contributed by atoms with Gasteiger partial charge in [-0.05, 0) is 23.6 Å². The third-order valence-corrected chi connectivity index (χ3v) is 6.58. The number of methoxy groups -OCH3 is 1. The Morgan fingerprint density at radius 3 is 2.93 bits per heavy atom. The summed E-state index contributed by atoms with van der Waals surface area (Å²) < 4.78 is 45.5. The van der Waals surface area contributed by atoms with Crippen molar-refractivity contribution in [3.8, 4) is 11.5 Å². The van der Waals surface area contributed by atoms with Crippen LogP contribution >= 0.6 is 11.3 Å². The molecule has 11 heteroatoms. The van der Waals surface area contributed by atoms with Crippen molar-refractivity contribution in [3.05, 3.63) is 53.0 Å². The highest BCUT2D eigenvalue weighted by Gasteiger charge is 2.26. The number of hydrogen-bond donors (Lipinski definition) is 1. The van der Waals surface area contributed by atoms with Gasteiger partial charge < -0.3 is 14.2 Å². The number of ether oxygens (including phenoxy) is 3. The highest BCUT2D eigenvalue weighted by atomic mass is 32.2. The minimum Gasteiger partial charge on any atom is -0.486 e. The summed E-state index contributed by atoms with van der Waals surface area (Å²) in [6.45, 7) is 0.733. The Balaban J connectivity index is 1.45. The smallest absolute Gasteiger partial charge is 0.349 e. The average molecular weight is 435 g/mol. The normalized spacial score (nSPS) is 15.7. The van der Waals surface area contributed by atoms with Crippen LogP contribution in [0.5, 0.6) is 11.5 Å². The molecular weight excluding hydrogens is 418 g/mol. The maximum absolute atomic E-state index is 12.6. The van der Waals surface area contributed by atoms with E-state index in [9.17, 15) is 13.2 Å². The summed E-state index contributed by atoms with van der Waals surface area (Å²) in [5.41, 5.74) is 0.268. The van der Waals surface area contributed by atoms with Gasteiger partial charge in [0.2, 0.25) is 0 Å². The number of aromatic nitrogens is 2. The fourth-order valence-electron chi connectivity index (χ4n) is 2.84. The molecule has 1 N–H and O–H groups in total. The Kier molecular flexibility index (Phi) is 5.16. The van der Waals surface area contributed by atoms with Crippen LogP contribution in [0, 0.1) is 0 Å². The predicted molar refractivity (Wildman–Crippen MR) is 105 cm³/mol. The lowest BCUT2D eigenvalue weighted by Crippen LogP contribution is -2.33. The number of esters is 1. The van der Waals surface area contributed by atoms with Gasteiger partial charge in [-0.2, -0.15) is 5.10 Å². The first-order chi connectivity index (χ1) is 14.0. The van der Waals surface area contributed by atoms with E-state index in [-0.39, 0.29) is 21.6 Å². The van der Waals surface area contributed by atoms with E-state index in [0.29, 0.717) is 24.7 Å². The van der Waals surface area contributed by atoms with E-state index in [4.69, 9.17) is 9.47 Å². The molecule has 1 aliphatic heterocycles. The molecule has 0 amide bonds. The van der Waals surface area contributed by atoms with Gasteiger partial charge in [0.15, 0.2) is 17.6 Å². The molecule has 3 aromatic rings. The van der Waals surface area contributed by atoms with E-state index in [0.717, 1.165) is 11.3 Å². The van der Waals surface area contributed by atoms with Crippen molar-refractivity contribution < 1.29 is 27.4 Å². The molecule has 0 aliphatic carbocycles. The molecule has 0 fully saturated rings. The third-order valence-electron chi connectivity index (χ3n) is 4.13. The second-order valence-electron chi connectivity index (χ2n) is 6.16. The summed E-state index contributed by atoms with van der Waals surface area (Å²) in [4.78, 5) is 11.6. The average Bonchev–Trinajstić information content (AvgIpc) is 3.37. The molecule has 0 unspecified atom stereocenters. The van der Waals surface area contributed by atoms with E-state index in [1.165, 1.54) is 24.8 Å². The van der Waals surface area contributed by atoms with Crippen molar-refractivity contribution in [2.75, 3.05) is 18.4 Å². The number of sulfonamides is 1. The van der Waals surface area contributed by atoms with Crippen LogP contribution in [0.4, 0.5) is 5.69 Å². The summed E-state index contributed by atoms with van der Waals surface area (Å²) in [6, 6.07) is 8.74. The largest absolute Gasteiger partial charge is 0.486 e. The number of rotatable bonds is 6. The SMILES string of the molecule is COC(=O)c1sccc1S(=O)(=O)Nc1cnn(C[C@@H]2COc3ccccc3O2)c1. The molecule has 1 atom stereocenters. The second-order valence-corrected chi connectivity index (χ2v) is 8.73. The zero-order chi connectivity index (χ0) is 20.4. The summed E-state index contributed by atoms with van der Waals surface area (Å²) >= 11 is 0.998. The summed E-state index contributed by atoms with van der Waals surface area (Å²) in [5, 5.41) is 5.69. The molecule has 0 bridgehead atoms. The topological polar surface area (TPSA) is 109 Å². The van der Waals surface area contributed by atoms with Crippen LogP contribution in [-0.2, 0) is 21.3 Å². The van der Waals surface area contributed by atoms with Crippen LogP contribution in [0.3, 0.4) is 0 Å². The summed E-state index contributed by atoms with van der Waals surface area (Å²) in [7, 11) is -2.77. The summed E-state index contributed by atoms with van der Waals surface area (Å²) in [6.07, 6.45) is 2.67. The van der Waals surface area contributed by atoms with Crippen LogP contribution in [0.25, 0.3) is 0 Å². The number of para-hydroxylation sites is 2. The molecule has 0 saturated heterocycles. The first-order valence-electron chi connectivity index (χ1n) is 8.56. The second kappa shape index (κ2) is 7.76. The molecule has 1 aromatic carbocycles. The highest BCUT2D eigenvalue weighted by molar-refractivity contribution is 7.93. The highest BCUT2D eigenvalue weighted by Crippen LogP contribution is 2.31. The molecular formula is C18H17N3O6S2. The van der Waals surface area contributed by atoms with Gasteiger partial charge >= 0.3 is 5.97 Å². The monoisotopic (exact) mass is 435 g/mol. The molecule has 0 saturated carbocycles. The van der Waals surface area contributed by atoms with Gasteiger partial charge in [0.1, 0.15) is 16.4 Å². The molecule has 3 heterocycles. The van der Waals surface area contributed by atoms with Gasteiger partial charge in [-0.1, -0.05) is 12.1 Å².